The van der Waals surface area contributed by atoms with Crippen molar-refractivity contribution in [2.75, 3.05) is 5.33 Å². The van der Waals surface area contributed by atoms with Crippen LogP contribution in [0.4, 0.5) is 0 Å². The Kier molecular flexibility index (Phi) is 3.38. The predicted octanol–water partition coefficient (Wildman–Crippen LogP) is 2.87. The summed E-state index contributed by atoms with van der Waals surface area (Å²) >= 11 is 5.10. The third-order valence-electron chi connectivity index (χ3n) is 2.57. The van der Waals surface area contributed by atoms with Crippen LogP contribution in [0.15, 0.2) is 30.5 Å². The average molecular weight is 323 g/mol. The van der Waals surface area contributed by atoms with Gasteiger partial charge in [-0.1, -0.05) is 33.3 Å². The van der Waals surface area contributed by atoms with Crippen LogP contribution >= 0.6 is 27.3 Å². The molecule has 0 N–H and O–H groups in total. The summed E-state index contributed by atoms with van der Waals surface area (Å²) in [6.07, 6.45) is 2.88. The van der Waals surface area contributed by atoms with Crippen molar-refractivity contribution in [2.45, 2.75) is 13.0 Å². The number of benzene rings is 1. The fourth-order valence-electron chi connectivity index (χ4n) is 1.75. The number of nitrogens with zero attached hydrogens (tertiary/aromatic N) is 4. The van der Waals surface area contributed by atoms with E-state index >= 15 is 0 Å². The highest BCUT2D eigenvalue weighted by atomic mass is 79.9. The molecule has 0 fully saturated rings. The van der Waals surface area contributed by atoms with E-state index in [0.717, 1.165) is 28.0 Å². The Bertz CT molecular complexity index is 628. The first-order valence-corrected chi connectivity index (χ1v) is 7.58. The second-order valence-electron chi connectivity index (χ2n) is 3.92. The summed E-state index contributed by atoms with van der Waals surface area (Å²) in [6.45, 7) is 0.689. The van der Waals surface area contributed by atoms with Crippen LogP contribution < -0.4 is 0 Å². The molecule has 0 spiro atoms. The molecule has 0 saturated carbocycles. The van der Waals surface area contributed by atoms with Gasteiger partial charge in [0.2, 0.25) is 0 Å². The summed E-state index contributed by atoms with van der Waals surface area (Å²) in [5.74, 6) is 0. The predicted molar refractivity (Wildman–Crippen MR) is 76.2 cm³/mol. The van der Waals surface area contributed by atoms with Crippen molar-refractivity contribution in [1.29, 1.82) is 0 Å². The molecule has 0 bridgehead atoms. The lowest BCUT2D eigenvalue weighted by Crippen LogP contribution is -1.99. The Morgan fingerprint density at radius 3 is 3.00 bits per heavy atom. The molecule has 2 aromatic heterocycles. The molecular weight excluding hydrogens is 312 g/mol. The molecule has 4 nitrogen and oxygen atoms in total. The molecular formula is C12H11BrN4S. The van der Waals surface area contributed by atoms with Crippen molar-refractivity contribution in [3.8, 4) is 0 Å². The van der Waals surface area contributed by atoms with E-state index in [4.69, 9.17) is 0 Å². The molecule has 0 aliphatic carbocycles. The lowest BCUT2D eigenvalue weighted by Gasteiger charge is -1.93. The van der Waals surface area contributed by atoms with Gasteiger partial charge in [0.25, 0.3) is 0 Å². The van der Waals surface area contributed by atoms with Gasteiger partial charge < -0.3 is 0 Å². The van der Waals surface area contributed by atoms with Gasteiger partial charge in [0.05, 0.1) is 22.5 Å². The van der Waals surface area contributed by atoms with E-state index < -0.39 is 0 Å². The number of rotatable bonds is 4. The second-order valence-corrected chi connectivity index (χ2v) is 5.83. The van der Waals surface area contributed by atoms with Gasteiger partial charge in [0, 0.05) is 17.9 Å². The molecule has 0 saturated heterocycles. The number of halogens is 1. The lowest BCUT2D eigenvalue weighted by atomic mass is 10.3. The number of alkyl halides is 1. The maximum atomic E-state index is 4.58. The molecule has 0 atom stereocenters. The van der Waals surface area contributed by atoms with E-state index in [2.05, 4.69) is 37.3 Å². The van der Waals surface area contributed by atoms with Crippen LogP contribution in [-0.4, -0.2) is 25.3 Å². The number of fused-ring (bicyclic) bond motifs is 1. The normalized spacial score (nSPS) is 11.2. The van der Waals surface area contributed by atoms with Crippen LogP contribution in [0.25, 0.3) is 10.2 Å². The summed E-state index contributed by atoms with van der Waals surface area (Å²) in [6, 6.07) is 8.17. The van der Waals surface area contributed by atoms with Crippen molar-refractivity contribution in [1.82, 2.24) is 20.0 Å². The van der Waals surface area contributed by atoms with Gasteiger partial charge in [0.15, 0.2) is 0 Å². The fourth-order valence-corrected chi connectivity index (χ4v) is 3.12. The zero-order valence-electron chi connectivity index (χ0n) is 9.58. The zero-order chi connectivity index (χ0) is 12.4. The van der Waals surface area contributed by atoms with Gasteiger partial charge in [-0.15, -0.1) is 16.4 Å². The summed E-state index contributed by atoms with van der Waals surface area (Å²) in [5.41, 5.74) is 2.06. The first kappa shape index (κ1) is 11.8. The third kappa shape index (κ3) is 2.44. The highest BCUT2D eigenvalue weighted by Crippen LogP contribution is 2.21. The summed E-state index contributed by atoms with van der Waals surface area (Å²) in [5, 5.41) is 10.2. The van der Waals surface area contributed by atoms with E-state index in [0.29, 0.717) is 6.54 Å². The van der Waals surface area contributed by atoms with E-state index in [1.165, 1.54) is 4.70 Å². The zero-order valence-corrected chi connectivity index (χ0v) is 12.0. The second kappa shape index (κ2) is 5.16. The topological polar surface area (TPSA) is 43.6 Å². The highest BCUT2D eigenvalue weighted by molar-refractivity contribution is 9.09. The Morgan fingerprint density at radius 2 is 2.17 bits per heavy atom. The summed E-state index contributed by atoms with van der Waals surface area (Å²) in [7, 11) is 0. The van der Waals surface area contributed by atoms with Crippen LogP contribution in [0, 0.1) is 0 Å². The maximum Gasteiger partial charge on any atom is 0.115 e. The molecule has 0 amide bonds. The standard InChI is InChI=1S/C12H11BrN4S/c13-6-5-9-7-17(16-15-9)8-12-14-10-3-1-2-4-11(10)18-12/h1-4,7H,5-6,8H2. The monoisotopic (exact) mass is 322 g/mol. The van der Waals surface area contributed by atoms with Crippen molar-refractivity contribution < 1.29 is 0 Å². The molecule has 1 aromatic carbocycles. The van der Waals surface area contributed by atoms with Gasteiger partial charge in [0.1, 0.15) is 5.01 Å². The van der Waals surface area contributed by atoms with Crippen molar-refractivity contribution >= 4 is 37.5 Å². The molecule has 0 aliphatic heterocycles. The van der Waals surface area contributed by atoms with Crippen molar-refractivity contribution in [3.05, 3.63) is 41.2 Å². The molecule has 2 heterocycles. The minimum atomic E-state index is 0.689. The largest absolute Gasteiger partial charge is 0.245 e. The molecule has 3 rings (SSSR count). The van der Waals surface area contributed by atoms with Crippen LogP contribution in [-0.2, 0) is 13.0 Å². The van der Waals surface area contributed by atoms with E-state index in [1.54, 1.807) is 11.3 Å². The van der Waals surface area contributed by atoms with E-state index in [9.17, 15) is 0 Å². The van der Waals surface area contributed by atoms with E-state index in [-0.39, 0.29) is 0 Å². The Morgan fingerprint density at radius 1 is 1.28 bits per heavy atom. The van der Waals surface area contributed by atoms with Crippen LogP contribution in [0.2, 0.25) is 0 Å². The van der Waals surface area contributed by atoms with Crippen molar-refractivity contribution in [3.63, 3.8) is 0 Å². The van der Waals surface area contributed by atoms with Gasteiger partial charge >= 0.3 is 0 Å². The number of aryl methyl sites for hydroxylation is 1. The number of thiazole rings is 1. The molecule has 18 heavy (non-hydrogen) atoms. The number of hydrogen-bond donors (Lipinski definition) is 0. The highest BCUT2D eigenvalue weighted by Gasteiger charge is 2.05. The fraction of sp³-hybridized carbons (Fsp3) is 0.250. The number of aromatic nitrogens is 4. The average Bonchev–Trinajstić information content (AvgIpc) is 2.96. The Labute approximate surface area is 117 Å². The number of hydrogen-bond acceptors (Lipinski definition) is 4. The summed E-state index contributed by atoms with van der Waals surface area (Å²) in [4.78, 5) is 4.58. The molecule has 6 heteroatoms. The van der Waals surface area contributed by atoms with Crippen molar-refractivity contribution in [2.24, 2.45) is 0 Å². The number of para-hydroxylation sites is 1. The SMILES string of the molecule is BrCCc1cn(Cc2nc3ccccc3s2)nn1. The third-order valence-corrected chi connectivity index (χ3v) is 3.99. The first-order valence-electron chi connectivity index (χ1n) is 5.64. The minimum absolute atomic E-state index is 0.689. The molecule has 3 aromatic rings. The summed E-state index contributed by atoms with van der Waals surface area (Å²) < 4.78 is 3.06. The molecule has 0 unspecified atom stereocenters. The van der Waals surface area contributed by atoms with Crippen LogP contribution in [0.3, 0.4) is 0 Å². The molecule has 0 aliphatic rings. The van der Waals surface area contributed by atoms with Gasteiger partial charge in [-0.3, -0.25) is 0 Å². The maximum absolute atomic E-state index is 4.58. The lowest BCUT2D eigenvalue weighted by molar-refractivity contribution is 0.647. The minimum Gasteiger partial charge on any atom is -0.245 e. The van der Waals surface area contributed by atoms with Crippen LogP contribution in [0.1, 0.15) is 10.7 Å². The van der Waals surface area contributed by atoms with Gasteiger partial charge in [-0.2, -0.15) is 0 Å². The van der Waals surface area contributed by atoms with Crippen LogP contribution in [0.5, 0.6) is 0 Å². The van der Waals surface area contributed by atoms with Gasteiger partial charge in [-0.05, 0) is 12.1 Å². The Balaban J connectivity index is 1.82. The smallest absolute Gasteiger partial charge is 0.115 e. The quantitative estimate of drug-likeness (QED) is 0.694. The Hall–Kier alpha value is -1.27. The molecule has 92 valence electrons. The van der Waals surface area contributed by atoms with Gasteiger partial charge in [-0.25, -0.2) is 9.67 Å². The molecule has 0 radical (unpaired) electrons. The first-order chi connectivity index (χ1) is 8.85. The van der Waals surface area contributed by atoms with E-state index in [1.807, 2.05) is 29.1 Å².